The van der Waals surface area contributed by atoms with Crippen molar-refractivity contribution in [2.45, 2.75) is 12.8 Å². The molecule has 1 amide bonds. The molecular weight excluding hydrogens is 239 g/mol. The van der Waals surface area contributed by atoms with E-state index >= 15 is 0 Å². The molecule has 1 saturated carbocycles. The summed E-state index contributed by atoms with van der Waals surface area (Å²) in [5, 5.41) is 11.3. The number of aromatic carboxylic acids is 1. The van der Waals surface area contributed by atoms with E-state index in [1.165, 1.54) is 12.1 Å². The van der Waals surface area contributed by atoms with Gasteiger partial charge < -0.3 is 16.2 Å². The number of hydrogen-bond donors (Lipinski definition) is 3. The van der Waals surface area contributed by atoms with E-state index in [2.05, 4.69) is 5.32 Å². The van der Waals surface area contributed by atoms with E-state index in [1.54, 1.807) is 0 Å². The number of carbonyl (C=O) groups is 2. The molecule has 0 atom stereocenters. The van der Waals surface area contributed by atoms with Crippen molar-refractivity contribution in [1.29, 1.82) is 0 Å². The molecule has 0 bridgehead atoms. The molecule has 1 aliphatic carbocycles. The van der Waals surface area contributed by atoms with Crippen LogP contribution in [0.2, 0.25) is 0 Å². The second kappa shape index (κ2) is 4.38. The van der Waals surface area contributed by atoms with Gasteiger partial charge in [-0.05, 0) is 25.0 Å². The molecule has 1 aromatic rings. The van der Waals surface area contributed by atoms with Crippen molar-refractivity contribution < 1.29 is 19.1 Å². The maximum atomic E-state index is 13.6. The third kappa shape index (κ3) is 2.06. The molecule has 1 aliphatic rings. The number of amides is 1. The molecule has 1 aromatic carbocycles. The Morgan fingerprint density at radius 3 is 2.61 bits per heavy atom. The Balaban J connectivity index is 2.29. The predicted octanol–water partition coefficient (Wildman–Crippen LogP) is 1.20. The number of para-hydroxylation sites is 1. The molecule has 1 fully saturated rings. The maximum Gasteiger partial charge on any atom is 0.337 e. The summed E-state index contributed by atoms with van der Waals surface area (Å²) >= 11 is 0. The van der Waals surface area contributed by atoms with Gasteiger partial charge in [0, 0.05) is 6.54 Å². The van der Waals surface area contributed by atoms with Gasteiger partial charge in [-0.3, -0.25) is 4.79 Å². The fraction of sp³-hybridized carbons (Fsp3) is 0.333. The Morgan fingerprint density at radius 1 is 1.44 bits per heavy atom. The van der Waals surface area contributed by atoms with Crippen LogP contribution in [0.3, 0.4) is 0 Å². The summed E-state index contributed by atoms with van der Waals surface area (Å²) in [6.07, 6.45) is 1.29. The number of carboxylic acids is 1. The Kier molecular flexibility index (Phi) is 3.04. The summed E-state index contributed by atoms with van der Waals surface area (Å²) in [5.41, 5.74) is 4.27. The van der Waals surface area contributed by atoms with Gasteiger partial charge in [-0.25, -0.2) is 9.18 Å². The monoisotopic (exact) mass is 252 g/mol. The summed E-state index contributed by atoms with van der Waals surface area (Å²) < 4.78 is 13.6. The van der Waals surface area contributed by atoms with Crippen LogP contribution >= 0.6 is 0 Å². The van der Waals surface area contributed by atoms with Crippen molar-refractivity contribution in [1.82, 2.24) is 0 Å². The van der Waals surface area contributed by atoms with Gasteiger partial charge >= 0.3 is 5.97 Å². The first kappa shape index (κ1) is 12.5. The molecule has 18 heavy (non-hydrogen) atoms. The molecule has 2 rings (SSSR count). The van der Waals surface area contributed by atoms with Crippen molar-refractivity contribution in [3.05, 3.63) is 29.6 Å². The van der Waals surface area contributed by atoms with Gasteiger partial charge in [-0.2, -0.15) is 0 Å². The summed E-state index contributed by atoms with van der Waals surface area (Å²) in [4.78, 5) is 22.9. The average molecular weight is 252 g/mol. The Morgan fingerprint density at radius 2 is 2.11 bits per heavy atom. The lowest BCUT2D eigenvalue weighted by atomic mass is 10.1. The highest BCUT2D eigenvalue weighted by Crippen LogP contribution is 2.45. The number of nitrogens with two attached hydrogens (primary N) is 1. The molecule has 0 heterocycles. The number of benzene rings is 1. The van der Waals surface area contributed by atoms with Crippen molar-refractivity contribution in [3.8, 4) is 0 Å². The van der Waals surface area contributed by atoms with Crippen LogP contribution in [0.15, 0.2) is 18.2 Å². The molecule has 0 unspecified atom stereocenters. The second-order valence-corrected chi connectivity index (χ2v) is 4.41. The maximum absolute atomic E-state index is 13.6. The highest BCUT2D eigenvalue weighted by molar-refractivity contribution is 6.03. The van der Waals surface area contributed by atoms with E-state index in [1.807, 2.05) is 0 Å². The number of anilines is 1. The Hall–Kier alpha value is -1.95. The first-order valence-electron chi connectivity index (χ1n) is 5.53. The molecule has 0 radical (unpaired) electrons. The third-order valence-corrected chi connectivity index (χ3v) is 3.21. The zero-order valence-electron chi connectivity index (χ0n) is 9.57. The van der Waals surface area contributed by atoms with Crippen LogP contribution in [-0.4, -0.2) is 23.5 Å². The fourth-order valence-corrected chi connectivity index (χ4v) is 1.75. The van der Waals surface area contributed by atoms with Crippen molar-refractivity contribution in [2.24, 2.45) is 11.1 Å². The topological polar surface area (TPSA) is 92.4 Å². The first-order chi connectivity index (χ1) is 8.50. The normalized spacial score (nSPS) is 16.1. The van der Waals surface area contributed by atoms with Crippen molar-refractivity contribution >= 4 is 17.6 Å². The molecule has 96 valence electrons. The lowest BCUT2D eigenvalue weighted by molar-refractivity contribution is -0.120. The molecule has 0 spiro atoms. The number of hydrogen-bond acceptors (Lipinski definition) is 3. The molecule has 0 aromatic heterocycles. The van der Waals surface area contributed by atoms with Crippen LogP contribution in [0.4, 0.5) is 10.1 Å². The van der Waals surface area contributed by atoms with Crippen molar-refractivity contribution in [3.63, 3.8) is 0 Å². The van der Waals surface area contributed by atoms with Gasteiger partial charge in [0.15, 0.2) is 0 Å². The molecule has 0 aliphatic heterocycles. The number of nitrogens with one attached hydrogen (secondary N) is 1. The number of carbonyl (C=O) groups excluding carboxylic acids is 1. The van der Waals surface area contributed by atoms with Gasteiger partial charge in [0.05, 0.1) is 16.7 Å². The van der Waals surface area contributed by atoms with E-state index in [0.717, 1.165) is 6.07 Å². The zero-order chi connectivity index (χ0) is 13.3. The van der Waals surface area contributed by atoms with Crippen LogP contribution in [0.1, 0.15) is 23.2 Å². The van der Waals surface area contributed by atoms with Crippen LogP contribution in [0.5, 0.6) is 0 Å². The minimum Gasteiger partial charge on any atom is -0.478 e. The fourth-order valence-electron chi connectivity index (χ4n) is 1.75. The minimum absolute atomic E-state index is 0.176. The first-order valence-corrected chi connectivity index (χ1v) is 5.53. The van der Waals surface area contributed by atoms with Crippen LogP contribution in [-0.2, 0) is 4.79 Å². The lowest BCUT2D eigenvalue weighted by Crippen LogP contribution is -2.31. The highest BCUT2D eigenvalue weighted by Gasteiger charge is 2.48. The highest BCUT2D eigenvalue weighted by atomic mass is 19.1. The van der Waals surface area contributed by atoms with Crippen LogP contribution in [0.25, 0.3) is 0 Å². The second-order valence-electron chi connectivity index (χ2n) is 4.41. The number of halogens is 1. The summed E-state index contributed by atoms with van der Waals surface area (Å²) in [5.74, 6) is -2.48. The van der Waals surface area contributed by atoms with E-state index in [4.69, 9.17) is 10.8 Å². The standard InChI is InChI=1S/C12H13FN2O3/c13-8-3-1-2-7(10(16)17)9(8)15-11(18)12(6-14)4-5-12/h1-3H,4-6,14H2,(H,15,18)(H,16,17). The molecule has 0 saturated heterocycles. The lowest BCUT2D eigenvalue weighted by Gasteiger charge is -2.14. The summed E-state index contributed by atoms with van der Waals surface area (Å²) in [6, 6.07) is 3.62. The van der Waals surface area contributed by atoms with E-state index in [9.17, 15) is 14.0 Å². The Bertz CT molecular complexity index is 512. The van der Waals surface area contributed by atoms with E-state index in [-0.39, 0.29) is 17.8 Å². The number of rotatable bonds is 4. The van der Waals surface area contributed by atoms with Gasteiger partial charge in [-0.15, -0.1) is 0 Å². The third-order valence-electron chi connectivity index (χ3n) is 3.21. The molecule has 4 N–H and O–H groups in total. The van der Waals surface area contributed by atoms with Gasteiger partial charge in [0.1, 0.15) is 5.82 Å². The van der Waals surface area contributed by atoms with Crippen molar-refractivity contribution in [2.75, 3.05) is 11.9 Å². The van der Waals surface area contributed by atoms with E-state index < -0.39 is 23.1 Å². The summed E-state index contributed by atoms with van der Waals surface area (Å²) in [6.45, 7) is 0.176. The molecular formula is C12H13FN2O3. The SMILES string of the molecule is NCC1(C(=O)Nc2c(F)cccc2C(=O)O)CC1. The molecule has 6 heteroatoms. The quantitative estimate of drug-likeness (QED) is 0.750. The van der Waals surface area contributed by atoms with Crippen LogP contribution < -0.4 is 11.1 Å². The Labute approximate surface area is 103 Å². The van der Waals surface area contributed by atoms with Crippen LogP contribution in [0, 0.1) is 11.2 Å². The largest absolute Gasteiger partial charge is 0.478 e. The average Bonchev–Trinajstić information content (AvgIpc) is 3.12. The van der Waals surface area contributed by atoms with E-state index in [0.29, 0.717) is 12.8 Å². The van der Waals surface area contributed by atoms with Gasteiger partial charge in [0.2, 0.25) is 5.91 Å². The van der Waals surface area contributed by atoms with Gasteiger partial charge in [0.25, 0.3) is 0 Å². The molecule has 5 nitrogen and oxygen atoms in total. The minimum atomic E-state index is -1.29. The number of carboxylic acid groups (broad SMARTS) is 1. The van der Waals surface area contributed by atoms with Gasteiger partial charge in [-0.1, -0.05) is 6.07 Å². The zero-order valence-corrected chi connectivity index (χ0v) is 9.57. The predicted molar refractivity (Wildman–Crippen MR) is 62.7 cm³/mol. The smallest absolute Gasteiger partial charge is 0.337 e. The summed E-state index contributed by atoms with van der Waals surface area (Å²) in [7, 11) is 0.